The Hall–Kier alpha value is -3.58. The van der Waals surface area contributed by atoms with Gasteiger partial charge in [-0.05, 0) is 86.9 Å². The number of aromatic nitrogens is 3. The fraction of sp³-hybridized carbons (Fsp3) is 0.231. The summed E-state index contributed by atoms with van der Waals surface area (Å²) < 4.78 is 0. The van der Waals surface area contributed by atoms with E-state index in [1.807, 2.05) is 62.4 Å². The summed E-state index contributed by atoms with van der Waals surface area (Å²) >= 11 is 5.34. The van der Waals surface area contributed by atoms with E-state index in [4.69, 9.17) is 12.2 Å². The fourth-order valence-electron chi connectivity index (χ4n) is 3.73. The van der Waals surface area contributed by atoms with E-state index in [9.17, 15) is 4.79 Å². The number of anilines is 1. The third-order valence-electron chi connectivity index (χ3n) is 5.34. The first-order valence-electron chi connectivity index (χ1n) is 11.1. The molecule has 0 aliphatic carbocycles. The number of nitrogens with zero attached hydrogens (tertiary/aromatic N) is 3. The van der Waals surface area contributed by atoms with Crippen LogP contribution in [0, 0.1) is 13.8 Å². The van der Waals surface area contributed by atoms with Crippen molar-refractivity contribution in [1.29, 1.82) is 0 Å². The lowest BCUT2D eigenvalue weighted by Gasteiger charge is -2.10. The number of fused-ring (bicyclic) bond motifs is 1. The normalized spacial score (nSPS) is 10.9. The minimum atomic E-state index is -0.242. The van der Waals surface area contributed by atoms with Crippen LogP contribution in [-0.4, -0.2) is 26.0 Å². The summed E-state index contributed by atoms with van der Waals surface area (Å²) in [5.74, 6) is -0.242. The van der Waals surface area contributed by atoms with Gasteiger partial charge in [-0.15, -0.1) is 10.2 Å². The predicted molar refractivity (Wildman–Crippen MR) is 137 cm³/mol. The van der Waals surface area contributed by atoms with Gasteiger partial charge in [-0.3, -0.25) is 10.1 Å². The molecule has 0 aliphatic heterocycles. The molecule has 1 heterocycles. The summed E-state index contributed by atoms with van der Waals surface area (Å²) in [6.45, 7) is 6.12. The highest BCUT2D eigenvalue weighted by Crippen LogP contribution is 2.18. The van der Waals surface area contributed by atoms with Gasteiger partial charge in [0.2, 0.25) is 0 Å². The lowest BCUT2D eigenvalue weighted by atomic mass is 10.1. The summed E-state index contributed by atoms with van der Waals surface area (Å²) in [7, 11) is 0. The van der Waals surface area contributed by atoms with Gasteiger partial charge in [0.05, 0.1) is 5.69 Å². The zero-order valence-corrected chi connectivity index (χ0v) is 19.9. The van der Waals surface area contributed by atoms with Crippen LogP contribution >= 0.6 is 12.2 Å². The predicted octanol–water partition coefficient (Wildman–Crippen LogP) is 5.51. The number of carbonyl (C=O) groups excluding carboxylic acids is 1. The van der Waals surface area contributed by atoms with Crippen molar-refractivity contribution in [2.45, 2.75) is 40.0 Å². The van der Waals surface area contributed by atoms with Crippen LogP contribution in [0.25, 0.3) is 16.7 Å². The molecular weight excluding hydrogens is 430 g/mol. The number of aryl methyl sites for hydroxylation is 3. The quantitative estimate of drug-likeness (QED) is 0.374. The summed E-state index contributed by atoms with van der Waals surface area (Å²) in [4.78, 5) is 14.2. The average molecular weight is 458 g/mol. The SMILES string of the molecule is CCCCc1ccc(-n2nc3ccc(NC(=S)NC(=O)c4cc(C)cc(C)c4)cc3n2)cc1. The Morgan fingerprint density at radius 2 is 1.64 bits per heavy atom. The molecule has 7 heteroatoms. The Morgan fingerprint density at radius 3 is 2.33 bits per heavy atom. The molecule has 6 nitrogen and oxygen atoms in total. The molecule has 0 atom stereocenters. The minimum Gasteiger partial charge on any atom is -0.332 e. The molecule has 0 radical (unpaired) electrons. The summed E-state index contributed by atoms with van der Waals surface area (Å²) in [5.41, 5.74) is 7.12. The van der Waals surface area contributed by atoms with Crippen LogP contribution in [-0.2, 0) is 6.42 Å². The highest BCUT2D eigenvalue weighted by Gasteiger charge is 2.11. The third kappa shape index (κ3) is 5.62. The molecule has 0 fully saturated rings. The van der Waals surface area contributed by atoms with Gasteiger partial charge in [0, 0.05) is 11.3 Å². The molecule has 0 bridgehead atoms. The van der Waals surface area contributed by atoms with Crippen LogP contribution < -0.4 is 10.6 Å². The first-order valence-corrected chi connectivity index (χ1v) is 11.5. The van der Waals surface area contributed by atoms with Crippen molar-refractivity contribution < 1.29 is 4.79 Å². The van der Waals surface area contributed by atoms with Gasteiger partial charge in [0.15, 0.2) is 5.11 Å². The molecule has 4 rings (SSSR count). The number of carbonyl (C=O) groups is 1. The van der Waals surface area contributed by atoms with E-state index in [0.717, 1.165) is 40.0 Å². The average Bonchev–Trinajstić information content (AvgIpc) is 3.20. The molecule has 0 unspecified atom stereocenters. The number of benzene rings is 3. The Balaban J connectivity index is 1.44. The molecule has 0 spiro atoms. The number of amides is 1. The van der Waals surface area contributed by atoms with E-state index in [-0.39, 0.29) is 11.0 Å². The molecule has 2 N–H and O–H groups in total. The van der Waals surface area contributed by atoms with Gasteiger partial charge in [-0.1, -0.05) is 42.7 Å². The Kier molecular flexibility index (Phi) is 6.79. The van der Waals surface area contributed by atoms with E-state index in [2.05, 4.69) is 39.9 Å². The maximum atomic E-state index is 12.5. The van der Waals surface area contributed by atoms with Crippen molar-refractivity contribution >= 4 is 40.0 Å². The Labute approximate surface area is 199 Å². The number of rotatable bonds is 6. The van der Waals surface area contributed by atoms with Crippen LogP contribution in [0.5, 0.6) is 0 Å². The van der Waals surface area contributed by atoms with Gasteiger partial charge >= 0.3 is 0 Å². The van der Waals surface area contributed by atoms with Crippen molar-refractivity contribution in [3.8, 4) is 5.69 Å². The van der Waals surface area contributed by atoms with Crippen molar-refractivity contribution in [3.63, 3.8) is 0 Å². The van der Waals surface area contributed by atoms with Crippen molar-refractivity contribution in [2.24, 2.45) is 0 Å². The number of unbranched alkanes of at least 4 members (excludes halogenated alkanes) is 1. The van der Waals surface area contributed by atoms with Gasteiger partial charge in [0.25, 0.3) is 5.91 Å². The van der Waals surface area contributed by atoms with Crippen molar-refractivity contribution in [1.82, 2.24) is 20.3 Å². The smallest absolute Gasteiger partial charge is 0.257 e. The molecule has 0 aliphatic rings. The van der Waals surface area contributed by atoms with E-state index >= 15 is 0 Å². The van der Waals surface area contributed by atoms with Crippen molar-refractivity contribution in [2.75, 3.05) is 5.32 Å². The molecular formula is C26H27N5OS. The van der Waals surface area contributed by atoms with Crippen LogP contribution in [0.2, 0.25) is 0 Å². The van der Waals surface area contributed by atoms with Crippen LogP contribution in [0.4, 0.5) is 5.69 Å². The maximum Gasteiger partial charge on any atom is 0.257 e. The standard InChI is InChI=1S/C26H27N5OS/c1-4-5-6-19-7-10-22(11-8-19)31-29-23-12-9-21(16-24(23)30-31)27-26(33)28-25(32)20-14-17(2)13-18(3)15-20/h7-16H,4-6H2,1-3H3,(H2,27,28,32,33). The maximum absolute atomic E-state index is 12.5. The highest BCUT2D eigenvalue weighted by atomic mass is 32.1. The second-order valence-electron chi connectivity index (χ2n) is 8.25. The molecule has 0 saturated heterocycles. The zero-order chi connectivity index (χ0) is 23.4. The Morgan fingerprint density at radius 1 is 0.939 bits per heavy atom. The molecule has 3 aromatic carbocycles. The third-order valence-corrected chi connectivity index (χ3v) is 5.54. The first-order chi connectivity index (χ1) is 15.9. The van der Waals surface area contributed by atoms with Crippen LogP contribution in [0.1, 0.15) is 46.8 Å². The first kappa shape index (κ1) is 22.6. The van der Waals surface area contributed by atoms with E-state index < -0.39 is 0 Å². The zero-order valence-electron chi connectivity index (χ0n) is 19.1. The fourth-order valence-corrected chi connectivity index (χ4v) is 3.94. The number of nitrogens with one attached hydrogen (secondary N) is 2. The summed E-state index contributed by atoms with van der Waals surface area (Å²) in [6.07, 6.45) is 3.45. The molecule has 0 saturated carbocycles. The second kappa shape index (κ2) is 9.92. The number of thiocarbonyl (C=S) groups is 1. The summed E-state index contributed by atoms with van der Waals surface area (Å²) in [6, 6.07) is 19.7. The molecule has 168 valence electrons. The number of hydrogen-bond acceptors (Lipinski definition) is 4. The lowest BCUT2D eigenvalue weighted by Crippen LogP contribution is -2.34. The molecule has 4 aromatic rings. The van der Waals surface area contributed by atoms with Crippen LogP contribution in [0.15, 0.2) is 60.7 Å². The largest absolute Gasteiger partial charge is 0.332 e. The molecule has 33 heavy (non-hydrogen) atoms. The monoisotopic (exact) mass is 457 g/mol. The Bertz CT molecular complexity index is 1290. The van der Waals surface area contributed by atoms with Gasteiger partial charge in [-0.2, -0.15) is 4.80 Å². The molecule has 1 aromatic heterocycles. The second-order valence-corrected chi connectivity index (χ2v) is 8.66. The number of hydrogen-bond donors (Lipinski definition) is 2. The van der Waals surface area contributed by atoms with Gasteiger partial charge in [-0.25, -0.2) is 0 Å². The van der Waals surface area contributed by atoms with E-state index in [0.29, 0.717) is 5.56 Å². The highest BCUT2D eigenvalue weighted by molar-refractivity contribution is 7.80. The van der Waals surface area contributed by atoms with E-state index in [1.54, 1.807) is 4.80 Å². The minimum absolute atomic E-state index is 0.230. The topological polar surface area (TPSA) is 71.8 Å². The van der Waals surface area contributed by atoms with Gasteiger partial charge in [0.1, 0.15) is 11.0 Å². The summed E-state index contributed by atoms with van der Waals surface area (Å²) in [5, 5.41) is 15.2. The lowest BCUT2D eigenvalue weighted by molar-refractivity contribution is 0.0977. The van der Waals surface area contributed by atoms with Crippen LogP contribution in [0.3, 0.4) is 0 Å². The van der Waals surface area contributed by atoms with Crippen molar-refractivity contribution in [3.05, 3.63) is 82.9 Å². The van der Waals surface area contributed by atoms with Gasteiger partial charge < -0.3 is 5.32 Å². The molecule has 1 amide bonds. The van der Waals surface area contributed by atoms with E-state index in [1.165, 1.54) is 18.4 Å².